The molecule has 0 N–H and O–H groups in total. The van der Waals surface area contributed by atoms with Gasteiger partial charge in [-0.1, -0.05) is 158 Å². The highest BCUT2D eigenvalue weighted by atomic mass is 15.0. The molecule has 62 heavy (non-hydrogen) atoms. The summed E-state index contributed by atoms with van der Waals surface area (Å²) >= 11 is 0. The van der Waals surface area contributed by atoms with Gasteiger partial charge in [-0.05, 0) is 75.8 Å². The second-order valence-electron chi connectivity index (χ2n) is 15.3. The van der Waals surface area contributed by atoms with Gasteiger partial charge in [0, 0.05) is 44.0 Å². The van der Waals surface area contributed by atoms with Gasteiger partial charge in [-0.25, -0.2) is 4.85 Å². The molecule has 0 aliphatic carbocycles. The molecule has 0 aliphatic rings. The van der Waals surface area contributed by atoms with E-state index in [4.69, 9.17) is 6.57 Å². The molecular weight excluding hydrogens is 755 g/mol. The molecule has 0 atom stereocenters. The van der Waals surface area contributed by atoms with E-state index in [0.29, 0.717) is 27.9 Å². The first-order chi connectivity index (χ1) is 30.7. The van der Waals surface area contributed by atoms with E-state index in [2.05, 4.69) is 129 Å². The molecule has 2 aromatic heterocycles. The zero-order chi connectivity index (χ0) is 41.7. The fraction of sp³-hybridized carbons (Fsp3) is 0. The molecule has 0 radical (unpaired) electrons. The van der Waals surface area contributed by atoms with E-state index in [-0.39, 0.29) is 0 Å². The Labute approximate surface area is 358 Å². The van der Waals surface area contributed by atoms with E-state index < -0.39 is 0 Å². The van der Waals surface area contributed by atoms with Crippen LogP contribution in [-0.2, 0) is 0 Å². The topological polar surface area (TPSA) is 61.8 Å². The highest BCUT2D eigenvalue weighted by Gasteiger charge is 2.25. The van der Waals surface area contributed by atoms with Crippen molar-refractivity contribution in [3.8, 4) is 68.0 Å². The predicted octanol–water partition coefficient (Wildman–Crippen LogP) is 14.8. The minimum absolute atomic E-state index is 0.389. The third-order valence-corrected chi connectivity index (χ3v) is 12.0. The molecular formula is C57H33N5. The lowest BCUT2D eigenvalue weighted by atomic mass is 9.83. The van der Waals surface area contributed by atoms with Crippen molar-refractivity contribution in [2.75, 3.05) is 0 Å². The van der Waals surface area contributed by atoms with Crippen LogP contribution < -0.4 is 0 Å². The van der Waals surface area contributed by atoms with Crippen LogP contribution >= 0.6 is 0 Å². The van der Waals surface area contributed by atoms with Crippen LogP contribution in [0.5, 0.6) is 0 Å². The van der Waals surface area contributed by atoms with Gasteiger partial charge in [-0.3, -0.25) is 0 Å². The zero-order valence-corrected chi connectivity index (χ0v) is 33.3. The monoisotopic (exact) mass is 787 g/mol. The Balaban J connectivity index is 1.21. The Morgan fingerprint density at radius 2 is 0.903 bits per heavy atom. The van der Waals surface area contributed by atoms with Crippen molar-refractivity contribution >= 4 is 49.3 Å². The first-order valence-corrected chi connectivity index (χ1v) is 20.4. The van der Waals surface area contributed by atoms with Crippen molar-refractivity contribution < 1.29 is 0 Å². The summed E-state index contributed by atoms with van der Waals surface area (Å²) in [5.74, 6) is 0. The van der Waals surface area contributed by atoms with Gasteiger partial charge in [0.05, 0.1) is 39.8 Å². The molecule has 0 bridgehead atoms. The molecule has 9 aromatic carbocycles. The van der Waals surface area contributed by atoms with E-state index in [9.17, 15) is 10.5 Å². The van der Waals surface area contributed by atoms with Crippen molar-refractivity contribution in [3.63, 3.8) is 0 Å². The number of hydrogen-bond acceptors (Lipinski definition) is 2. The van der Waals surface area contributed by atoms with Crippen LogP contribution in [0.3, 0.4) is 0 Å². The number of nitrogens with zero attached hydrogens (tertiary/aromatic N) is 5. The first kappa shape index (κ1) is 36.2. The SMILES string of the molecule is [C-]#[N+]c1cc(-c2cc(-c3ccccc3)c(C#N)c(-c3ccccc3)c2C#N)ccc1-c1cccc2c3ccc4c5ccccc5n(-c5ccccc5)c4c3n(-c3ccccc3)c12. The van der Waals surface area contributed by atoms with E-state index in [1.165, 1.54) is 5.39 Å². The summed E-state index contributed by atoms with van der Waals surface area (Å²) in [6.45, 7) is 8.64. The average molecular weight is 788 g/mol. The van der Waals surface area contributed by atoms with Crippen molar-refractivity contribution in [1.82, 2.24) is 9.13 Å². The van der Waals surface area contributed by atoms with Gasteiger partial charge in [0.2, 0.25) is 0 Å². The molecule has 286 valence electrons. The Hall–Kier alpha value is -8.95. The van der Waals surface area contributed by atoms with E-state index in [0.717, 1.165) is 83.0 Å². The first-order valence-electron chi connectivity index (χ1n) is 20.4. The Bertz CT molecular complexity index is 3690. The Kier molecular flexibility index (Phi) is 8.57. The van der Waals surface area contributed by atoms with E-state index >= 15 is 0 Å². The number of fused-ring (bicyclic) bond motifs is 7. The third kappa shape index (κ3) is 5.53. The van der Waals surface area contributed by atoms with Crippen LogP contribution in [0, 0.1) is 29.2 Å². The predicted molar refractivity (Wildman–Crippen MR) is 253 cm³/mol. The molecule has 0 spiro atoms. The number of aromatic nitrogens is 2. The second kappa shape index (κ2) is 14.7. The third-order valence-electron chi connectivity index (χ3n) is 12.0. The van der Waals surface area contributed by atoms with Gasteiger partial charge in [-0.2, -0.15) is 10.5 Å². The molecule has 5 heteroatoms. The molecule has 0 amide bonds. The number of para-hydroxylation sites is 4. The summed E-state index contributed by atoms with van der Waals surface area (Å²) in [5, 5.41) is 26.1. The smallest absolute Gasteiger partial charge is 0.195 e. The summed E-state index contributed by atoms with van der Waals surface area (Å²) < 4.78 is 4.75. The lowest BCUT2D eigenvalue weighted by Gasteiger charge is -2.18. The molecule has 11 aromatic rings. The van der Waals surface area contributed by atoms with Crippen molar-refractivity contribution in [2.24, 2.45) is 0 Å². The number of nitriles is 2. The lowest BCUT2D eigenvalue weighted by molar-refractivity contribution is 1.15. The standard InChI is InChI=1S/C57H33N5/c1-60-52-33-39(49-34-48(37-17-6-2-7-18-37)50(35-58)54(51(49)36-59)38-19-8-3-9-20-38)29-30-42(52)44-26-16-27-45-47-32-31-46-43-25-14-15-28-53(43)61(40-21-10-4-11-22-40)56(46)57(47)62(55(44)45)41-23-12-5-13-24-41/h2-34H. The molecule has 0 aliphatic heterocycles. The van der Waals surface area contributed by atoms with Crippen molar-refractivity contribution in [1.29, 1.82) is 10.5 Å². The number of benzene rings is 9. The van der Waals surface area contributed by atoms with Gasteiger partial charge in [0.25, 0.3) is 0 Å². The molecule has 0 saturated carbocycles. The van der Waals surface area contributed by atoms with E-state index in [1.807, 2.05) is 97.1 Å². The fourth-order valence-electron chi connectivity index (χ4n) is 9.40. The lowest BCUT2D eigenvalue weighted by Crippen LogP contribution is -1.99. The minimum atomic E-state index is 0.389. The number of rotatable bonds is 6. The van der Waals surface area contributed by atoms with Crippen molar-refractivity contribution in [2.45, 2.75) is 0 Å². The van der Waals surface area contributed by atoms with Gasteiger partial charge in [0.1, 0.15) is 12.1 Å². The molecule has 0 fully saturated rings. The minimum Gasteiger partial charge on any atom is -0.307 e. The summed E-state index contributed by atoms with van der Waals surface area (Å²) in [5.41, 5.74) is 13.7. The quantitative estimate of drug-likeness (QED) is 0.158. The zero-order valence-electron chi connectivity index (χ0n) is 33.3. The van der Waals surface area contributed by atoms with Crippen LogP contribution in [0.1, 0.15) is 11.1 Å². The van der Waals surface area contributed by atoms with E-state index in [1.54, 1.807) is 0 Å². The Morgan fingerprint density at radius 1 is 0.387 bits per heavy atom. The average Bonchev–Trinajstić information content (AvgIpc) is 3.87. The van der Waals surface area contributed by atoms with Gasteiger partial charge >= 0.3 is 0 Å². The van der Waals surface area contributed by atoms with Crippen LogP contribution in [0.4, 0.5) is 5.69 Å². The van der Waals surface area contributed by atoms with Crippen LogP contribution in [0.25, 0.3) is 104 Å². The highest BCUT2D eigenvalue weighted by Crippen LogP contribution is 2.47. The van der Waals surface area contributed by atoms with Crippen LogP contribution in [-0.4, -0.2) is 9.13 Å². The van der Waals surface area contributed by atoms with Gasteiger partial charge < -0.3 is 9.13 Å². The van der Waals surface area contributed by atoms with Crippen molar-refractivity contribution in [3.05, 3.63) is 223 Å². The molecule has 5 nitrogen and oxygen atoms in total. The largest absolute Gasteiger partial charge is 0.307 e. The fourth-order valence-corrected chi connectivity index (χ4v) is 9.40. The maximum atomic E-state index is 10.9. The van der Waals surface area contributed by atoms with Gasteiger partial charge in [-0.15, -0.1) is 0 Å². The maximum Gasteiger partial charge on any atom is 0.195 e. The Morgan fingerprint density at radius 3 is 1.55 bits per heavy atom. The molecule has 11 rings (SSSR count). The summed E-state index contributed by atoms with van der Waals surface area (Å²) in [7, 11) is 0. The van der Waals surface area contributed by atoms with Crippen LogP contribution in [0.2, 0.25) is 0 Å². The normalized spacial score (nSPS) is 11.2. The molecule has 2 heterocycles. The summed E-state index contributed by atoms with van der Waals surface area (Å²) in [4.78, 5) is 4.18. The van der Waals surface area contributed by atoms with Crippen LogP contribution in [0.15, 0.2) is 200 Å². The second-order valence-corrected chi connectivity index (χ2v) is 15.3. The van der Waals surface area contributed by atoms with Gasteiger partial charge in [0.15, 0.2) is 5.69 Å². The molecule has 0 saturated heterocycles. The summed E-state index contributed by atoms with van der Waals surface area (Å²) in [6, 6.07) is 72.6. The maximum absolute atomic E-state index is 10.9. The number of hydrogen-bond donors (Lipinski definition) is 0. The highest BCUT2D eigenvalue weighted by molar-refractivity contribution is 6.25. The summed E-state index contributed by atoms with van der Waals surface area (Å²) in [6.07, 6.45) is 0. The molecule has 0 unspecified atom stereocenters.